The smallest absolute Gasteiger partial charge is 0.216 e. The van der Waals surface area contributed by atoms with E-state index in [4.69, 9.17) is 9.15 Å². The number of nitrogens with one attached hydrogen (secondary N) is 3. The molecule has 0 aliphatic heterocycles. The topological polar surface area (TPSA) is 100 Å². The van der Waals surface area contributed by atoms with E-state index in [2.05, 4.69) is 30.8 Å². The van der Waals surface area contributed by atoms with Gasteiger partial charge in [-0.3, -0.25) is 5.10 Å². The molecule has 128 valence electrons. The molecule has 0 amide bonds. The summed E-state index contributed by atoms with van der Waals surface area (Å²) in [4.78, 5) is 8.82. The van der Waals surface area contributed by atoms with E-state index in [1.165, 1.54) is 0 Å². The summed E-state index contributed by atoms with van der Waals surface area (Å²) >= 11 is 0. The number of H-pyrrole nitrogens is 1. The Balaban J connectivity index is 0.00000264. The second-order valence-corrected chi connectivity index (χ2v) is 4.55. The van der Waals surface area contributed by atoms with Crippen LogP contribution in [0.3, 0.4) is 0 Å². The van der Waals surface area contributed by atoms with Gasteiger partial charge < -0.3 is 19.8 Å². The van der Waals surface area contributed by atoms with Crippen LogP contribution in [0.15, 0.2) is 27.8 Å². The number of aromatic nitrogens is 3. The number of ether oxygens (including phenoxy) is 1. The van der Waals surface area contributed by atoms with Crippen LogP contribution in [0.1, 0.15) is 19.2 Å². The Kier molecular flexibility index (Phi) is 9.29. The van der Waals surface area contributed by atoms with Gasteiger partial charge in [-0.25, -0.2) is 9.98 Å². The Bertz CT molecular complexity index is 570. The van der Waals surface area contributed by atoms with Gasteiger partial charge in [-0.1, -0.05) is 0 Å². The molecule has 9 heteroatoms. The van der Waals surface area contributed by atoms with Crippen LogP contribution in [0.4, 0.5) is 0 Å². The number of furan rings is 1. The third kappa shape index (κ3) is 6.57. The summed E-state index contributed by atoms with van der Waals surface area (Å²) in [5.74, 6) is 2.60. The SMILES string of the molecule is CCNC(=NCc1nc(-c2ccco2)n[nH]1)NCCCOC.I. The summed E-state index contributed by atoms with van der Waals surface area (Å²) in [6.07, 6.45) is 2.52. The fourth-order valence-corrected chi connectivity index (χ4v) is 1.80. The first-order valence-corrected chi connectivity index (χ1v) is 7.29. The number of methoxy groups -OCH3 is 1. The highest BCUT2D eigenvalue weighted by Gasteiger charge is 2.07. The highest BCUT2D eigenvalue weighted by molar-refractivity contribution is 14.0. The molecular weight excluding hydrogens is 411 g/mol. The first-order valence-electron chi connectivity index (χ1n) is 7.29. The molecule has 2 aromatic heterocycles. The zero-order valence-electron chi connectivity index (χ0n) is 13.3. The molecule has 0 atom stereocenters. The molecule has 0 bridgehead atoms. The Morgan fingerprint density at radius 1 is 1.43 bits per heavy atom. The van der Waals surface area contributed by atoms with E-state index in [-0.39, 0.29) is 24.0 Å². The average Bonchev–Trinajstić information content (AvgIpc) is 3.19. The van der Waals surface area contributed by atoms with Crippen LogP contribution in [0.2, 0.25) is 0 Å². The fraction of sp³-hybridized carbons (Fsp3) is 0.500. The summed E-state index contributed by atoms with van der Waals surface area (Å²) < 4.78 is 10.3. The van der Waals surface area contributed by atoms with Gasteiger partial charge in [0, 0.05) is 26.8 Å². The lowest BCUT2D eigenvalue weighted by atomic mass is 10.4. The molecule has 3 N–H and O–H groups in total. The molecule has 0 fully saturated rings. The largest absolute Gasteiger partial charge is 0.461 e. The van der Waals surface area contributed by atoms with Crippen LogP contribution >= 0.6 is 24.0 Å². The van der Waals surface area contributed by atoms with Crippen LogP contribution in [0.25, 0.3) is 11.6 Å². The van der Waals surface area contributed by atoms with Gasteiger partial charge in [0.25, 0.3) is 0 Å². The molecule has 23 heavy (non-hydrogen) atoms. The molecule has 0 aromatic carbocycles. The summed E-state index contributed by atoms with van der Waals surface area (Å²) in [5.41, 5.74) is 0. The fourth-order valence-electron chi connectivity index (χ4n) is 1.80. The number of hydrogen-bond acceptors (Lipinski definition) is 5. The summed E-state index contributed by atoms with van der Waals surface area (Å²) in [7, 11) is 1.69. The van der Waals surface area contributed by atoms with Crippen LogP contribution in [0.5, 0.6) is 0 Å². The van der Waals surface area contributed by atoms with Crippen molar-refractivity contribution < 1.29 is 9.15 Å². The molecule has 0 unspecified atom stereocenters. The summed E-state index contributed by atoms with van der Waals surface area (Å²) in [6.45, 7) is 4.75. The highest BCUT2D eigenvalue weighted by atomic mass is 127. The Morgan fingerprint density at radius 3 is 3.00 bits per heavy atom. The minimum atomic E-state index is 0. The minimum absolute atomic E-state index is 0. The van der Waals surface area contributed by atoms with Gasteiger partial charge in [-0.2, -0.15) is 0 Å². The number of guanidine groups is 1. The lowest BCUT2D eigenvalue weighted by molar-refractivity contribution is 0.195. The van der Waals surface area contributed by atoms with E-state index >= 15 is 0 Å². The predicted molar refractivity (Wildman–Crippen MR) is 98.8 cm³/mol. The Morgan fingerprint density at radius 2 is 2.30 bits per heavy atom. The lowest BCUT2D eigenvalue weighted by Crippen LogP contribution is -2.38. The van der Waals surface area contributed by atoms with Crippen molar-refractivity contribution in [3.63, 3.8) is 0 Å². The number of hydrogen-bond donors (Lipinski definition) is 3. The zero-order chi connectivity index (χ0) is 15.6. The van der Waals surface area contributed by atoms with Crippen molar-refractivity contribution >= 4 is 29.9 Å². The van der Waals surface area contributed by atoms with Gasteiger partial charge >= 0.3 is 0 Å². The maximum Gasteiger partial charge on any atom is 0.216 e. The highest BCUT2D eigenvalue weighted by Crippen LogP contribution is 2.14. The standard InChI is InChI=1S/C14H22N6O2.HI/c1-3-15-14(16-7-5-8-21-2)17-10-12-18-13(20-19-12)11-6-4-9-22-11;/h4,6,9H,3,5,7-8,10H2,1-2H3,(H2,15,16,17)(H,18,19,20);1H. The van der Waals surface area contributed by atoms with Crippen molar-refractivity contribution in [2.45, 2.75) is 19.9 Å². The third-order valence-electron chi connectivity index (χ3n) is 2.82. The van der Waals surface area contributed by atoms with Crippen molar-refractivity contribution in [3.8, 4) is 11.6 Å². The molecule has 0 saturated carbocycles. The van der Waals surface area contributed by atoms with Crippen LogP contribution in [-0.2, 0) is 11.3 Å². The van der Waals surface area contributed by atoms with Gasteiger partial charge in [0.05, 0.1) is 6.26 Å². The molecule has 0 aliphatic carbocycles. The van der Waals surface area contributed by atoms with Crippen LogP contribution < -0.4 is 10.6 Å². The average molecular weight is 434 g/mol. The Hall–Kier alpha value is -1.62. The van der Waals surface area contributed by atoms with E-state index in [9.17, 15) is 0 Å². The second-order valence-electron chi connectivity index (χ2n) is 4.55. The maximum absolute atomic E-state index is 5.26. The third-order valence-corrected chi connectivity index (χ3v) is 2.82. The molecule has 8 nitrogen and oxygen atoms in total. The summed E-state index contributed by atoms with van der Waals surface area (Å²) in [5, 5.41) is 13.4. The quantitative estimate of drug-likeness (QED) is 0.254. The van der Waals surface area contributed by atoms with E-state index in [1.807, 2.05) is 13.0 Å². The summed E-state index contributed by atoms with van der Waals surface area (Å²) in [6, 6.07) is 3.62. The molecule has 0 aliphatic rings. The lowest BCUT2D eigenvalue weighted by Gasteiger charge is -2.10. The first-order chi connectivity index (χ1) is 10.8. The monoisotopic (exact) mass is 434 g/mol. The maximum atomic E-state index is 5.26. The zero-order valence-corrected chi connectivity index (χ0v) is 15.7. The number of rotatable bonds is 8. The minimum Gasteiger partial charge on any atom is -0.461 e. The van der Waals surface area contributed by atoms with Crippen molar-refractivity contribution in [2.24, 2.45) is 4.99 Å². The van der Waals surface area contributed by atoms with Crippen LogP contribution in [-0.4, -0.2) is 47.9 Å². The number of aliphatic imine (C=N–C) groups is 1. The van der Waals surface area contributed by atoms with E-state index in [1.54, 1.807) is 19.4 Å². The molecule has 0 spiro atoms. The van der Waals surface area contributed by atoms with E-state index < -0.39 is 0 Å². The number of halogens is 1. The number of nitrogens with zero attached hydrogens (tertiary/aromatic N) is 3. The molecule has 2 rings (SSSR count). The van der Waals surface area contributed by atoms with Gasteiger partial charge in [0.15, 0.2) is 11.7 Å². The molecule has 0 radical (unpaired) electrons. The number of aromatic amines is 1. The van der Waals surface area contributed by atoms with Crippen LogP contribution in [0, 0.1) is 0 Å². The van der Waals surface area contributed by atoms with Gasteiger partial charge in [0.2, 0.25) is 5.82 Å². The molecule has 0 saturated heterocycles. The van der Waals surface area contributed by atoms with Gasteiger partial charge in [0.1, 0.15) is 12.4 Å². The molecule has 2 heterocycles. The van der Waals surface area contributed by atoms with E-state index in [0.717, 1.165) is 32.1 Å². The molecule has 2 aromatic rings. The molecular formula is C14H23IN6O2. The second kappa shape index (κ2) is 11.0. The normalized spacial score (nSPS) is 11.1. The van der Waals surface area contributed by atoms with Gasteiger partial charge in [-0.05, 0) is 25.5 Å². The van der Waals surface area contributed by atoms with Gasteiger partial charge in [-0.15, -0.1) is 29.1 Å². The van der Waals surface area contributed by atoms with Crippen molar-refractivity contribution in [3.05, 3.63) is 24.2 Å². The Labute approximate surface area is 152 Å². The van der Waals surface area contributed by atoms with Crippen molar-refractivity contribution in [2.75, 3.05) is 26.8 Å². The van der Waals surface area contributed by atoms with E-state index in [0.29, 0.717) is 24.0 Å². The predicted octanol–water partition coefficient (Wildman–Crippen LogP) is 1.77. The van der Waals surface area contributed by atoms with Crippen molar-refractivity contribution in [1.82, 2.24) is 25.8 Å². The van der Waals surface area contributed by atoms with Crippen molar-refractivity contribution in [1.29, 1.82) is 0 Å². The first kappa shape index (κ1) is 19.4.